The number of nitrogens with zero attached hydrogens (tertiary/aromatic N) is 2. The quantitative estimate of drug-likeness (QED) is 0.555. The normalized spacial score (nSPS) is 15.6. The van der Waals surface area contributed by atoms with Crippen molar-refractivity contribution in [2.45, 2.75) is 37.5 Å². The van der Waals surface area contributed by atoms with Gasteiger partial charge >= 0.3 is 0 Å². The molecule has 1 aliphatic heterocycles. The van der Waals surface area contributed by atoms with Crippen molar-refractivity contribution in [1.29, 1.82) is 0 Å². The highest BCUT2D eigenvalue weighted by Gasteiger charge is 2.29. The maximum Gasteiger partial charge on any atom is 0.253 e. The fourth-order valence-electron chi connectivity index (χ4n) is 4.54. The Bertz CT molecular complexity index is 1230. The van der Waals surface area contributed by atoms with Crippen molar-refractivity contribution < 1.29 is 13.2 Å². The van der Waals surface area contributed by atoms with Gasteiger partial charge in [-0.3, -0.25) is 4.79 Å². The first kappa shape index (κ1) is 22.8. The van der Waals surface area contributed by atoms with Crippen LogP contribution in [0.5, 0.6) is 0 Å². The molecule has 1 amide bonds. The molecule has 170 valence electrons. The Labute approximate surface area is 194 Å². The van der Waals surface area contributed by atoms with E-state index in [1.54, 1.807) is 19.9 Å². The second-order valence-electron chi connectivity index (χ2n) is 8.09. The predicted molar refractivity (Wildman–Crippen MR) is 128 cm³/mol. The van der Waals surface area contributed by atoms with Gasteiger partial charge in [0, 0.05) is 48.8 Å². The molecule has 1 N–H and O–H groups in total. The number of para-hydroxylation sites is 1. The van der Waals surface area contributed by atoms with Gasteiger partial charge in [0.2, 0.25) is 10.0 Å². The van der Waals surface area contributed by atoms with Crippen LogP contribution in [0.15, 0.2) is 53.6 Å². The molecule has 1 aliphatic rings. The third-order valence-corrected chi connectivity index (χ3v) is 8.88. The molecule has 2 heterocycles. The first-order valence-corrected chi connectivity index (χ1v) is 12.8. The second-order valence-corrected chi connectivity index (χ2v) is 10.4. The first-order chi connectivity index (χ1) is 15.4. The van der Waals surface area contributed by atoms with Crippen LogP contribution in [-0.4, -0.2) is 54.7 Å². The second kappa shape index (κ2) is 9.25. The average molecular weight is 474 g/mol. The molecule has 0 spiro atoms. The van der Waals surface area contributed by atoms with Crippen molar-refractivity contribution in [3.05, 3.63) is 64.8 Å². The smallest absolute Gasteiger partial charge is 0.253 e. The van der Waals surface area contributed by atoms with Crippen LogP contribution in [0.3, 0.4) is 0 Å². The molecule has 4 rings (SSSR count). The highest BCUT2D eigenvalue weighted by molar-refractivity contribution is 7.89. The van der Waals surface area contributed by atoms with E-state index in [1.165, 1.54) is 27.4 Å². The number of amides is 1. The number of aromatic amines is 1. The van der Waals surface area contributed by atoms with Gasteiger partial charge < -0.3 is 9.88 Å². The van der Waals surface area contributed by atoms with Gasteiger partial charge in [-0.25, -0.2) is 8.42 Å². The number of halogens is 1. The van der Waals surface area contributed by atoms with E-state index in [0.29, 0.717) is 37.7 Å². The number of carbonyl (C=O) groups is 1. The summed E-state index contributed by atoms with van der Waals surface area (Å²) in [6.45, 7) is 5.50. The Hall–Kier alpha value is -2.35. The Morgan fingerprint density at radius 2 is 1.81 bits per heavy atom. The lowest BCUT2D eigenvalue weighted by molar-refractivity contribution is 0.0713. The van der Waals surface area contributed by atoms with Crippen LogP contribution in [0, 0.1) is 0 Å². The van der Waals surface area contributed by atoms with E-state index in [0.717, 1.165) is 18.4 Å². The van der Waals surface area contributed by atoms with Crippen molar-refractivity contribution >= 4 is 38.4 Å². The number of sulfonamides is 1. The molecule has 1 fully saturated rings. The first-order valence-electron chi connectivity index (χ1n) is 11.0. The highest BCUT2D eigenvalue weighted by Crippen LogP contribution is 2.34. The number of piperidine rings is 1. The summed E-state index contributed by atoms with van der Waals surface area (Å²) in [5.74, 6) is 0.231. The van der Waals surface area contributed by atoms with E-state index in [2.05, 4.69) is 23.3 Å². The summed E-state index contributed by atoms with van der Waals surface area (Å²) in [4.78, 5) is 18.3. The number of benzene rings is 2. The molecule has 0 bridgehead atoms. The molecule has 0 saturated carbocycles. The largest absolute Gasteiger partial charge is 0.361 e. The van der Waals surface area contributed by atoms with Crippen molar-refractivity contribution in [3.63, 3.8) is 0 Å². The van der Waals surface area contributed by atoms with E-state index >= 15 is 0 Å². The summed E-state index contributed by atoms with van der Waals surface area (Å²) in [5, 5.41) is 1.37. The van der Waals surface area contributed by atoms with E-state index in [4.69, 9.17) is 11.6 Å². The minimum Gasteiger partial charge on any atom is -0.361 e. The third kappa shape index (κ3) is 4.17. The minimum atomic E-state index is -3.75. The highest BCUT2D eigenvalue weighted by atomic mass is 35.5. The summed E-state index contributed by atoms with van der Waals surface area (Å²) in [7, 11) is -3.75. The average Bonchev–Trinajstić information content (AvgIpc) is 3.24. The Morgan fingerprint density at radius 1 is 1.12 bits per heavy atom. The van der Waals surface area contributed by atoms with Gasteiger partial charge in [0.05, 0.1) is 5.02 Å². The molecule has 1 saturated heterocycles. The van der Waals surface area contributed by atoms with Crippen molar-refractivity contribution in [3.8, 4) is 0 Å². The van der Waals surface area contributed by atoms with Gasteiger partial charge in [0.1, 0.15) is 4.90 Å². The van der Waals surface area contributed by atoms with Crippen molar-refractivity contribution in [2.24, 2.45) is 0 Å². The van der Waals surface area contributed by atoms with Gasteiger partial charge in [-0.2, -0.15) is 4.31 Å². The molecular weight excluding hydrogens is 446 g/mol. The lowest BCUT2D eigenvalue weighted by Crippen LogP contribution is -2.38. The lowest BCUT2D eigenvalue weighted by Gasteiger charge is -2.32. The lowest BCUT2D eigenvalue weighted by atomic mass is 9.89. The maximum atomic E-state index is 13.2. The van der Waals surface area contributed by atoms with Gasteiger partial charge in [-0.15, -0.1) is 0 Å². The number of aromatic nitrogens is 1. The van der Waals surface area contributed by atoms with E-state index in [1.807, 2.05) is 17.0 Å². The molecule has 6 nitrogen and oxygen atoms in total. The summed E-state index contributed by atoms with van der Waals surface area (Å²) in [5.41, 5.74) is 2.78. The summed E-state index contributed by atoms with van der Waals surface area (Å²) in [6, 6.07) is 12.8. The molecule has 0 atom stereocenters. The number of carbonyl (C=O) groups excluding carboxylic acids is 1. The molecule has 0 aliphatic carbocycles. The number of hydrogen-bond donors (Lipinski definition) is 1. The standard InChI is InChI=1S/C24H28ClN3O3S/c1-3-28(4-2)32(30,31)23-15-18(9-10-21(23)25)24(29)27-13-11-17(12-14-27)20-16-26-22-8-6-5-7-19(20)22/h5-10,15-17,26H,3-4,11-14H2,1-2H3. The zero-order chi connectivity index (χ0) is 22.9. The number of fused-ring (bicyclic) bond motifs is 1. The Morgan fingerprint density at radius 3 is 2.50 bits per heavy atom. The van der Waals surface area contributed by atoms with Gasteiger partial charge in [-0.1, -0.05) is 43.6 Å². The van der Waals surface area contributed by atoms with Crippen LogP contribution in [-0.2, 0) is 10.0 Å². The van der Waals surface area contributed by atoms with E-state index < -0.39 is 10.0 Å². The number of H-pyrrole nitrogens is 1. The number of hydrogen-bond acceptors (Lipinski definition) is 3. The van der Waals surface area contributed by atoms with Crippen LogP contribution in [0.2, 0.25) is 5.02 Å². The number of rotatable bonds is 6. The monoisotopic (exact) mass is 473 g/mol. The fourth-order valence-corrected chi connectivity index (χ4v) is 6.50. The zero-order valence-electron chi connectivity index (χ0n) is 18.3. The predicted octanol–water partition coefficient (Wildman–Crippen LogP) is 4.87. The third-order valence-electron chi connectivity index (χ3n) is 6.34. The molecular formula is C24H28ClN3O3S. The van der Waals surface area contributed by atoms with Gasteiger partial charge in [0.25, 0.3) is 5.91 Å². The summed E-state index contributed by atoms with van der Waals surface area (Å²) >= 11 is 6.22. The number of likely N-dealkylation sites (tertiary alicyclic amines) is 1. The van der Waals surface area contributed by atoms with Crippen molar-refractivity contribution in [2.75, 3.05) is 26.2 Å². The molecule has 0 radical (unpaired) electrons. The zero-order valence-corrected chi connectivity index (χ0v) is 19.9. The SMILES string of the molecule is CCN(CC)S(=O)(=O)c1cc(C(=O)N2CCC(c3c[nH]c4ccccc34)CC2)ccc1Cl. The maximum absolute atomic E-state index is 13.2. The molecule has 1 aromatic heterocycles. The topological polar surface area (TPSA) is 73.5 Å². The number of nitrogens with one attached hydrogen (secondary N) is 1. The van der Waals surface area contributed by atoms with E-state index in [-0.39, 0.29) is 15.8 Å². The van der Waals surface area contributed by atoms with Crippen LogP contribution in [0.25, 0.3) is 10.9 Å². The van der Waals surface area contributed by atoms with E-state index in [9.17, 15) is 13.2 Å². The minimum absolute atomic E-state index is 0.0117. The summed E-state index contributed by atoms with van der Waals surface area (Å²) < 4.78 is 27.3. The Balaban J connectivity index is 1.51. The molecule has 0 unspecified atom stereocenters. The molecule has 8 heteroatoms. The van der Waals surface area contributed by atoms with Crippen LogP contribution < -0.4 is 0 Å². The van der Waals surface area contributed by atoms with Crippen molar-refractivity contribution in [1.82, 2.24) is 14.2 Å². The molecule has 3 aromatic rings. The molecule has 2 aromatic carbocycles. The van der Waals surface area contributed by atoms with Crippen LogP contribution >= 0.6 is 11.6 Å². The summed E-state index contributed by atoms with van der Waals surface area (Å²) in [6.07, 6.45) is 3.81. The Kier molecular flexibility index (Phi) is 6.60. The van der Waals surface area contributed by atoms with Crippen LogP contribution in [0.1, 0.15) is 48.5 Å². The van der Waals surface area contributed by atoms with Gasteiger partial charge in [0.15, 0.2) is 0 Å². The fraction of sp³-hybridized carbons (Fsp3) is 0.375. The molecule has 32 heavy (non-hydrogen) atoms. The van der Waals surface area contributed by atoms with Gasteiger partial charge in [-0.05, 0) is 48.6 Å². The van der Waals surface area contributed by atoms with Crippen LogP contribution in [0.4, 0.5) is 0 Å².